The van der Waals surface area contributed by atoms with E-state index in [-0.39, 0.29) is 12.5 Å². The first kappa shape index (κ1) is 20.3. The van der Waals surface area contributed by atoms with E-state index in [1.165, 1.54) is 0 Å². The van der Waals surface area contributed by atoms with Gasteiger partial charge in [0, 0.05) is 45.7 Å². The van der Waals surface area contributed by atoms with Crippen molar-refractivity contribution < 1.29 is 9.53 Å². The molecule has 0 aliphatic heterocycles. The molecule has 0 bridgehead atoms. The van der Waals surface area contributed by atoms with Crippen LogP contribution in [0.4, 0.5) is 5.69 Å². The van der Waals surface area contributed by atoms with Crippen molar-refractivity contribution in [1.29, 1.82) is 0 Å². The summed E-state index contributed by atoms with van der Waals surface area (Å²) in [4.78, 5) is 21.0. The number of nitrogens with zero attached hydrogens (tertiary/aromatic N) is 2. The van der Waals surface area contributed by atoms with Crippen LogP contribution in [0.25, 0.3) is 21.8 Å². The topological polar surface area (TPSA) is 64.1 Å². The number of pyridine rings is 1. The molecule has 0 fully saturated rings. The zero-order valence-electron chi connectivity index (χ0n) is 15.5. The minimum atomic E-state index is -0.307. The Labute approximate surface area is 187 Å². The monoisotopic (exact) mass is 455 g/mol. The third-order valence-corrected chi connectivity index (χ3v) is 5.56. The average Bonchev–Trinajstić information content (AvgIpc) is 3.26. The van der Waals surface area contributed by atoms with Crippen LogP contribution >= 0.6 is 34.5 Å². The highest BCUT2D eigenvalue weighted by Gasteiger charge is 2.10. The van der Waals surface area contributed by atoms with Gasteiger partial charge in [0.05, 0.1) is 10.7 Å². The number of benzene rings is 2. The van der Waals surface area contributed by atoms with Gasteiger partial charge >= 0.3 is 0 Å². The average molecular weight is 456 g/mol. The molecule has 4 rings (SSSR count). The molecule has 0 aliphatic carbocycles. The molecule has 4 aromatic rings. The summed E-state index contributed by atoms with van der Waals surface area (Å²) in [6, 6.07) is 16.2. The van der Waals surface area contributed by atoms with E-state index in [9.17, 15) is 4.79 Å². The van der Waals surface area contributed by atoms with Crippen molar-refractivity contribution in [1.82, 2.24) is 9.97 Å². The van der Waals surface area contributed by atoms with Crippen LogP contribution in [-0.2, 0) is 4.79 Å². The summed E-state index contributed by atoms with van der Waals surface area (Å²) < 4.78 is 5.47. The Kier molecular flexibility index (Phi) is 6.28. The second-order valence-electron chi connectivity index (χ2n) is 6.27. The van der Waals surface area contributed by atoms with Crippen molar-refractivity contribution in [2.45, 2.75) is 0 Å². The normalized spacial score (nSPS) is 10.6. The summed E-state index contributed by atoms with van der Waals surface area (Å²) in [7, 11) is 0. The lowest BCUT2D eigenvalue weighted by Crippen LogP contribution is -2.20. The Morgan fingerprint density at radius 1 is 1.03 bits per heavy atom. The van der Waals surface area contributed by atoms with E-state index < -0.39 is 0 Å². The van der Waals surface area contributed by atoms with Crippen molar-refractivity contribution in [3.05, 3.63) is 82.4 Å². The minimum absolute atomic E-state index is 0.187. The molecular weight excluding hydrogens is 441 g/mol. The third kappa shape index (κ3) is 4.97. The van der Waals surface area contributed by atoms with Gasteiger partial charge in [-0.1, -0.05) is 35.3 Å². The van der Waals surface area contributed by atoms with Gasteiger partial charge in [0.25, 0.3) is 5.91 Å². The zero-order chi connectivity index (χ0) is 20.9. The number of aromatic nitrogens is 2. The highest BCUT2D eigenvalue weighted by atomic mass is 35.5. The highest BCUT2D eigenvalue weighted by molar-refractivity contribution is 7.13. The maximum Gasteiger partial charge on any atom is 0.262 e. The lowest BCUT2D eigenvalue weighted by atomic mass is 10.1. The Morgan fingerprint density at radius 2 is 1.87 bits per heavy atom. The number of anilines is 1. The molecule has 0 atom stereocenters. The summed E-state index contributed by atoms with van der Waals surface area (Å²) in [6.07, 6.45) is 3.48. The molecule has 0 aliphatic rings. The van der Waals surface area contributed by atoms with Gasteiger partial charge in [-0.15, -0.1) is 11.3 Å². The Balaban J connectivity index is 1.43. The second kappa shape index (κ2) is 9.26. The van der Waals surface area contributed by atoms with E-state index in [0.29, 0.717) is 21.5 Å². The van der Waals surface area contributed by atoms with Crippen LogP contribution in [0, 0.1) is 0 Å². The molecule has 0 saturated carbocycles. The Bertz CT molecular complexity index is 1180. The van der Waals surface area contributed by atoms with Crippen molar-refractivity contribution in [3.63, 3.8) is 0 Å². The fourth-order valence-electron chi connectivity index (χ4n) is 2.72. The van der Waals surface area contributed by atoms with E-state index in [2.05, 4.69) is 10.3 Å². The van der Waals surface area contributed by atoms with E-state index in [0.717, 1.165) is 21.8 Å². The number of hydrogen-bond acceptors (Lipinski definition) is 5. The molecule has 5 nitrogen and oxygen atoms in total. The molecule has 2 aromatic heterocycles. The molecule has 30 heavy (non-hydrogen) atoms. The predicted octanol–water partition coefficient (Wildman–Crippen LogP) is 6.20. The number of rotatable bonds is 6. The van der Waals surface area contributed by atoms with Crippen LogP contribution in [0.2, 0.25) is 10.0 Å². The maximum atomic E-state index is 12.3. The first-order chi connectivity index (χ1) is 14.6. The molecular formula is C22H15Cl2N3O2S. The van der Waals surface area contributed by atoms with Crippen LogP contribution in [0.5, 0.6) is 5.75 Å². The number of amides is 1. The molecule has 2 aromatic carbocycles. The van der Waals surface area contributed by atoms with Crippen LogP contribution in [0.3, 0.4) is 0 Å². The number of halogens is 2. The largest absolute Gasteiger partial charge is 0.482 e. The summed E-state index contributed by atoms with van der Waals surface area (Å²) in [5.41, 5.74) is 3.41. The van der Waals surface area contributed by atoms with E-state index in [1.807, 2.05) is 41.8 Å². The number of hydrogen-bond donors (Lipinski definition) is 1. The van der Waals surface area contributed by atoms with Crippen molar-refractivity contribution in [3.8, 4) is 27.6 Å². The number of carbonyl (C=O) groups is 1. The molecule has 0 radical (unpaired) electrons. The van der Waals surface area contributed by atoms with Crippen molar-refractivity contribution in [2.24, 2.45) is 0 Å². The summed E-state index contributed by atoms with van der Waals surface area (Å²) in [5.74, 6) is 0.0538. The van der Waals surface area contributed by atoms with Gasteiger partial charge in [-0.05, 0) is 36.4 Å². The molecule has 0 spiro atoms. The van der Waals surface area contributed by atoms with Crippen LogP contribution in [0.1, 0.15) is 0 Å². The van der Waals surface area contributed by atoms with Crippen molar-refractivity contribution in [2.75, 3.05) is 11.9 Å². The highest BCUT2D eigenvalue weighted by Crippen LogP contribution is 2.30. The number of ether oxygens (including phenoxy) is 1. The molecule has 2 heterocycles. The van der Waals surface area contributed by atoms with Gasteiger partial charge in [0.15, 0.2) is 6.61 Å². The van der Waals surface area contributed by atoms with Gasteiger partial charge in [-0.3, -0.25) is 9.78 Å². The zero-order valence-corrected chi connectivity index (χ0v) is 17.8. The second-order valence-corrected chi connectivity index (χ2v) is 7.97. The Hall–Kier alpha value is -2.93. The van der Waals surface area contributed by atoms with Crippen LogP contribution in [0.15, 0.2) is 72.4 Å². The minimum Gasteiger partial charge on any atom is -0.482 e. The number of carbonyl (C=O) groups excluding carboxylic acids is 1. The molecule has 1 amide bonds. The molecule has 150 valence electrons. The SMILES string of the molecule is O=C(COc1cc(Cl)ccc1Cl)Nc1cccc(-c2csc(-c3ccncc3)n2)c1. The lowest BCUT2D eigenvalue weighted by Gasteiger charge is -2.10. The van der Waals surface area contributed by atoms with Gasteiger partial charge in [0.2, 0.25) is 0 Å². The third-order valence-electron chi connectivity index (χ3n) is 4.13. The van der Waals surface area contributed by atoms with Gasteiger partial charge < -0.3 is 10.1 Å². The van der Waals surface area contributed by atoms with E-state index in [1.54, 1.807) is 41.9 Å². The Morgan fingerprint density at radius 3 is 2.70 bits per heavy atom. The standard InChI is InChI=1S/C22H15Cl2N3O2S/c23-16-4-5-18(24)20(11-16)29-12-21(28)26-17-3-1-2-15(10-17)19-13-30-22(27-19)14-6-8-25-9-7-14/h1-11,13H,12H2,(H,26,28). The number of thiazole rings is 1. The molecule has 8 heteroatoms. The smallest absolute Gasteiger partial charge is 0.262 e. The maximum absolute atomic E-state index is 12.3. The molecule has 1 N–H and O–H groups in total. The van der Waals surface area contributed by atoms with E-state index in [4.69, 9.17) is 32.9 Å². The summed E-state index contributed by atoms with van der Waals surface area (Å²) in [5, 5.41) is 6.59. The summed E-state index contributed by atoms with van der Waals surface area (Å²) >= 11 is 13.5. The molecule has 0 saturated heterocycles. The van der Waals surface area contributed by atoms with Gasteiger partial charge in [-0.25, -0.2) is 4.98 Å². The first-order valence-corrected chi connectivity index (χ1v) is 10.6. The predicted molar refractivity (Wildman–Crippen MR) is 121 cm³/mol. The quantitative estimate of drug-likeness (QED) is 0.376. The lowest BCUT2D eigenvalue weighted by molar-refractivity contribution is -0.118. The van der Waals surface area contributed by atoms with Gasteiger partial charge in [0.1, 0.15) is 10.8 Å². The van der Waals surface area contributed by atoms with Crippen molar-refractivity contribution >= 4 is 46.1 Å². The van der Waals surface area contributed by atoms with Gasteiger partial charge in [-0.2, -0.15) is 0 Å². The van der Waals surface area contributed by atoms with E-state index >= 15 is 0 Å². The fourth-order valence-corrected chi connectivity index (χ4v) is 3.89. The first-order valence-electron chi connectivity index (χ1n) is 8.92. The summed E-state index contributed by atoms with van der Waals surface area (Å²) in [6.45, 7) is -0.187. The van der Waals surface area contributed by atoms with Crippen LogP contribution < -0.4 is 10.1 Å². The number of nitrogens with one attached hydrogen (secondary N) is 1. The van der Waals surface area contributed by atoms with Crippen LogP contribution in [-0.4, -0.2) is 22.5 Å². The molecule has 0 unspecified atom stereocenters. The fraction of sp³-hybridized carbons (Fsp3) is 0.0455.